The van der Waals surface area contributed by atoms with Crippen LogP contribution in [0.2, 0.25) is 0 Å². The summed E-state index contributed by atoms with van der Waals surface area (Å²) in [7, 11) is 1.42. The molecule has 0 fully saturated rings. The first-order valence-corrected chi connectivity index (χ1v) is 11.9. The SMILES string of the molecule is C=CCN(c1ccc(Cn2c(CC)nc3c(C)cc(C)nc32)cc1)C(C(=O)OC)c1ccccc1. The number of rotatable bonds is 9. The van der Waals surface area contributed by atoms with E-state index in [4.69, 9.17) is 14.7 Å². The number of pyridine rings is 1. The van der Waals surface area contributed by atoms with E-state index in [1.54, 1.807) is 6.08 Å². The molecule has 6 heteroatoms. The Morgan fingerprint density at radius 3 is 2.46 bits per heavy atom. The minimum absolute atomic E-state index is 0.309. The number of carbonyl (C=O) groups is 1. The molecule has 4 rings (SSSR count). The highest BCUT2D eigenvalue weighted by atomic mass is 16.5. The van der Waals surface area contributed by atoms with Crippen molar-refractivity contribution >= 4 is 22.8 Å². The predicted molar refractivity (Wildman–Crippen MR) is 141 cm³/mol. The topological polar surface area (TPSA) is 60.2 Å². The number of hydrogen-bond acceptors (Lipinski definition) is 5. The van der Waals surface area contributed by atoms with Crippen molar-refractivity contribution in [1.82, 2.24) is 14.5 Å². The summed E-state index contributed by atoms with van der Waals surface area (Å²) in [6.07, 6.45) is 2.63. The van der Waals surface area contributed by atoms with Crippen LogP contribution in [0.5, 0.6) is 0 Å². The molecule has 2 heterocycles. The van der Waals surface area contributed by atoms with E-state index < -0.39 is 6.04 Å². The number of hydrogen-bond donors (Lipinski definition) is 0. The van der Waals surface area contributed by atoms with Gasteiger partial charge in [-0.25, -0.2) is 14.8 Å². The Morgan fingerprint density at radius 1 is 1.11 bits per heavy atom. The molecule has 0 spiro atoms. The number of nitrogens with zero attached hydrogens (tertiary/aromatic N) is 4. The molecule has 0 aliphatic rings. The number of ether oxygens (including phenoxy) is 1. The van der Waals surface area contributed by atoms with E-state index in [2.05, 4.69) is 43.2 Å². The van der Waals surface area contributed by atoms with Gasteiger partial charge in [0.15, 0.2) is 11.7 Å². The second-order valence-electron chi connectivity index (χ2n) is 8.66. The standard InChI is InChI=1S/C29H32N4O2/c1-6-17-32(27(29(34)35-5)23-11-9-8-10-12-23)24-15-13-22(14-16-24)19-33-25(7-2)31-26-20(3)18-21(4)30-28(26)33/h6,8-16,18,27H,1,7,17,19H2,2-5H3. The maximum absolute atomic E-state index is 12.8. The Labute approximate surface area is 206 Å². The van der Waals surface area contributed by atoms with Crippen LogP contribution in [0.15, 0.2) is 73.3 Å². The van der Waals surface area contributed by atoms with E-state index in [9.17, 15) is 4.79 Å². The van der Waals surface area contributed by atoms with E-state index >= 15 is 0 Å². The third kappa shape index (κ3) is 4.97. The lowest BCUT2D eigenvalue weighted by molar-refractivity contribution is -0.142. The Bertz CT molecular complexity index is 1330. The first kappa shape index (κ1) is 24.2. The third-order valence-electron chi connectivity index (χ3n) is 6.20. The molecule has 0 N–H and O–H groups in total. The number of aryl methyl sites for hydroxylation is 3. The summed E-state index contributed by atoms with van der Waals surface area (Å²) < 4.78 is 7.36. The minimum Gasteiger partial charge on any atom is -0.467 e. The lowest BCUT2D eigenvalue weighted by Gasteiger charge is -2.31. The summed E-state index contributed by atoms with van der Waals surface area (Å²) in [5.41, 5.74) is 6.95. The third-order valence-corrected chi connectivity index (χ3v) is 6.20. The molecule has 4 aromatic rings. The van der Waals surface area contributed by atoms with Gasteiger partial charge < -0.3 is 14.2 Å². The summed E-state index contributed by atoms with van der Waals surface area (Å²) in [4.78, 5) is 24.5. The van der Waals surface area contributed by atoms with Crippen LogP contribution < -0.4 is 4.90 Å². The molecule has 0 aliphatic heterocycles. The number of carbonyl (C=O) groups excluding carboxylic acids is 1. The highest BCUT2D eigenvalue weighted by Crippen LogP contribution is 2.29. The second kappa shape index (κ2) is 10.6. The van der Waals surface area contributed by atoms with E-state index in [0.717, 1.165) is 51.5 Å². The molecular weight excluding hydrogens is 436 g/mol. The van der Waals surface area contributed by atoms with Crippen LogP contribution in [-0.4, -0.2) is 34.2 Å². The smallest absolute Gasteiger partial charge is 0.333 e. The Hall–Kier alpha value is -3.93. The molecule has 1 unspecified atom stereocenters. The summed E-state index contributed by atoms with van der Waals surface area (Å²) in [5, 5.41) is 0. The molecule has 180 valence electrons. The summed E-state index contributed by atoms with van der Waals surface area (Å²) >= 11 is 0. The van der Waals surface area contributed by atoms with Gasteiger partial charge in [-0.2, -0.15) is 0 Å². The van der Waals surface area contributed by atoms with Crippen LogP contribution in [0.1, 0.15) is 41.2 Å². The molecule has 0 saturated heterocycles. The summed E-state index contributed by atoms with van der Waals surface area (Å²) in [5.74, 6) is 0.713. The van der Waals surface area contributed by atoms with Crippen molar-refractivity contribution in [2.45, 2.75) is 39.8 Å². The molecule has 1 atom stereocenters. The van der Waals surface area contributed by atoms with Crippen molar-refractivity contribution in [3.63, 3.8) is 0 Å². The highest BCUT2D eigenvalue weighted by molar-refractivity contribution is 5.82. The predicted octanol–water partition coefficient (Wildman–Crippen LogP) is 5.57. The van der Waals surface area contributed by atoms with Crippen LogP contribution in [-0.2, 0) is 22.5 Å². The molecular formula is C29H32N4O2. The van der Waals surface area contributed by atoms with Crippen molar-refractivity contribution < 1.29 is 9.53 Å². The summed E-state index contributed by atoms with van der Waals surface area (Å²) in [6.45, 7) is 11.3. The van der Waals surface area contributed by atoms with Crippen LogP contribution >= 0.6 is 0 Å². The quantitative estimate of drug-likeness (QED) is 0.238. The fraction of sp³-hybridized carbons (Fsp3) is 0.276. The van der Waals surface area contributed by atoms with Crippen molar-refractivity contribution in [3.8, 4) is 0 Å². The van der Waals surface area contributed by atoms with Crippen molar-refractivity contribution in [2.75, 3.05) is 18.6 Å². The van der Waals surface area contributed by atoms with Gasteiger partial charge in [-0.3, -0.25) is 0 Å². The number of aromatic nitrogens is 3. The van der Waals surface area contributed by atoms with Gasteiger partial charge >= 0.3 is 5.97 Å². The maximum atomic E-state index is 12.8. The number of anilines is 1. The number of esters is 1. The zero-order valence-corrected chi connectivity index (χ0v) is 20.9. The van der Waals surface area contributed by atoms with E-state index in [0.29, 0.717) is 13.1 Å². The monoisotopic (exact) mass is 468 g/mol. The molecule has 0 radical (unpaired) electrons. The number of fused-ring (bicyclic) bond motifs is 1. The van der Waals surface area contributed by atoms with Crippen molar-refractivity contribution in [2.24, 2.45) is 0 Å². The van der Waals surface area contributed by atoms with Crippen LogP contribution in [0, 0.1) is 13.8 Å². The van der Waals surface area contributed by atoms with Gasteiger partial charge in [-0.05, 0) is 48.7 Å². The maximum Gasteiger partial charge on any atom is 0.333 e. The van der Waals surface area contributed by atoms with Gasteiger partial charge in [0.1, 0.15) is 11.3 Å². The average molecular weight is 469 g/mol. The molecule has 6 nitrogen and oxygen atoms in total. The molecule has 0 amide bonds. The molecule has 2 aromatic heterocycles. The molecule has 0 saturated carbocycles. The minimum atomic E-state index is -0.565. The lowest BCUT2D eigenvalue weighted by Crippen LogP contribution is -2.35. The highest BCUT2D eigenvalue weighted by Gasteiger charge is 2.28. The van der Waals surface area contributed by atoms with E-state index in [-0.39, 0.29) is 5.97 Å². The van der Waals surface area contributed by atoms with Gasteiger partial charge in [0.05, 0.1) is 13.7 Å². The first-order chi connectivity index (χ1) is 17.0. The van der Waals surface area contributed by atoms with Crippen LogP contribution in [0.3, 0.4) is 0 Å². The van der Waals surface area contributed by atoms with E-state index in [1.165, 1.54) is 7.11 Å². The van der Waals surface area contributed by atoms with Gasteiger partial charge in [-0.15, -0.1) is 6.58 Å². The Morgan fingerprint density at radius 2 is 1.83 bits per heavy atom. The molecule has 2 aromatic carbocycles. The molecule has 0 bridgehead atoms. The zero-order chi connectivity index (χ0) is 24.9. The van der Waals surface area contributed by atoms with Gasteiger partial charge in [0.2, 0.25) is 0 Å². The average Bonchev–Trinajstić information content (AvgIpc) is 3.22. The Balaban J connectivity index is 1.68. The fourth-order valence-electron chi connectivity index (χ4n) is 4.55. The number of methoxy groups -OCH3 is 1. The lowest BCUT2D eigenvalue weighted by atomic mass is 10.0. The van der Waals surface area contributed by atoms with E-state index in [1.807, 2.05) is 54.3 Å². The van der Waals surface area contributed by atoms with Gasteiger partial charge in [0, 0.05) is 24.3 Å². The number of imidazole rings is 1. The largest absolute Gasteiger partial charge is 0.467 e. The fourth-order valence-corrected chi connectivity index (χ4v) is 4.55. The van der Waals surface area contributed by atoms with Crippen molar-refractivity contribution in [1.29, 1.82) is 0 Å². The summed E-state index contributed by atoms with van der Waals surface area (Å²) in [6, 6.07) is 19.5. The molecule has 35 heavy (non-hydrogen) atoms. The van der Waals surface area contributed by atoms with Gasteiger partial charge in [-0.1, -0.05) is 55.5 Å². The molecule has 0 aliphatic carbocycles. The van der Waals surface area contributed by atoms with Gasteiger partial charge in [0.25, 0.3) is 0 Å². The van der Waals surface area contributed by atoms with Crippen molar-refractivity contribution in [3.05, 3.63) is 102 Å². The zero-order valence-electron chi connectivity index (χ0n) is 20.9. The van der Waals surface area contributed by atoms with Crippen LogP contribution in [0.4, 0.5) is 5.69 Å². The first-order valence-electron chi connectivity index (χ1n) is 11.9. The second-order valence-corrected chi connectivity index (χ2v) is 8.66. The Kier molecular flexibility index (Phi) is 7.30. The number of benzene rings is 2. The van der Waals surface area contributed by atoms with Crippen LogP contribution in [0.25, 0.3) is 11.2 Å². The normalized spacial score (nSPS) is 11.9.